The molecule has 1 N–H and O–H groups in total. The molecule has 0 saturated heterocycles. The van der Waals surface area contributed by atoms with Gasteiger partial charge in [-0.3, -0.25) is 23.5 Å². The zero-order chi connectivity index (χ0) is 28.8. The van der Waals surface area contributed by atoms with Gasteiger partial charge in [0, 0.05) is 39.5 Å². The molecule has 40 heavy (non-hydrogen) atoms. The smallest absolute Gasteiger partial charge is 0.303 e. The van der Waals surface area contributed by atoms with Crippen molar-refractivity contribution in [3.63, 3.8) is 0 Å². The molecule has 0 amide bonds. The predicted octanol–water partition coefficient (Wildman–Crippen LogP) is 6.36. The summed E-state index contributed by atoms with van der Waals surface area (Å²) in [5.74, 6) is -0.480. The van der Waals surface area contributed by atoms with Gasteiger partial charge < -0.3 is 9.84 Å². The molecule has 12 heteroatoms. The Labute approximate surface area is 246 Å². The number of carbonyl (C=O) groups is 2. The van der Waals surface area contributed by atoms with Crippen LogP contribution in [0.25, 0.3) is 33.9 Å². The summed E-state index contributed by atoms with van der Waals surface area (Å²) in [4.78, 5) is 44.1. The number of benzene rings is 3. The Bertz CT molecular complexity index is 1730. The van der Waals surface area contributed by atoms with Crippen LogP contribution in [0.15, 0.2) is 93.3 Å². The first kappa shape index (κ1) is 29.1. The van der Waals surface area contributed by atoms with Crippen molar-refractivity contribution in [3.8, 4) is 22.8 Å². The fourth-order valence-electron chi connectivity index (χ4n) is 3.67. The number of carboxylic acid groups (broad SMARTS) is 1. The highest BCUT2D eigenvalue weighted by Gasteiger charge is 2.19. The molecule has 5 aromatic rings. The average Bonchev–Trinajstić information content (AvgIpc) is 3.34. The predicted molar refractivity (Wildman–Crippen MR) is 158 cm³/mol. The van der Waals surface area contributed by atoms with Crippen molar-refractivity contribution in [2.75, 3.05) is 5.94 Å². The van der Waals surface area contributed by atoms with Gasteiger partial charge in [0.05, 0.1) is 5.69 Å². The van der Waals surface area contributed by atoms with Crippen molar-refractivity contribution in [1.82, 2.24) is 19.1 Å². The van der Waals surface area contributed by atoms with E-state index in [0.29, 0.717) is 22.2 Å². The summed E-state index contributed by atoms with van der Waals surface area (Å²) in [6.07, 6.45) is 1.59. The molecule has 2 aromatic heterocycles. The van der Waals surface area contributed by atoms with Crippen LogP contribution in [0.4, 0.5) is 0 Å². The molecule has 9 nitrogen and oxygen atoms in total. The quantitative estimate of drug-likeness (QED) is 0.129. The fourth-order valence-corrected chi connectivity index (χ4v) is 4.80. The first-order valence-electron chi connectivity index (χ1n) is 11.7. The summed E-state index contributed by atoms with van der Waals surface area (Å²) in [5, 5.41) is 7.99. The van der Waals surface area contributed by atoms with Crippen molar-refractivity contribution >= 4 is 62.4 Å². The highest BCUT2D eigenvalue weighted by atomic mass is 79.9. The van der Waals surface area contributed by atoms with E-state index in [0.717, 1.165) is 27.5 Å². The Balaban J connectivity index is 0.000000867. The Hall–Kier alpha value is -3.93. The number of hydrogen-bond acceptors (Lipinski definition) is 7. The van der Waals surface area contributed by atoms with Gasteiger partial charge in [0.1, 0.15) is 18.1 Å². The molecule has 0 fully saturated rings. The minimum Gasteiger partial charge on any atom is -0.481 e. The van der Waals surface area contributed by atoms with Crippen molar-refractivity contribution in [2.45, 2.75) is 18.7 Å². The van der Waals surface area contributed by atoms with E-state index < -0.39 is 5.97 Å². The third-order valence-electron chi connectivity index (χ3n) is 5.34. The van der Waals surface area contributed by atoms with Crippen LogP contribution in [0, 0.1) is 0 Å². The van der Waals surface area contributed by atoms with E-state index in [1.165, 1.54) is 18.7 Å². The number of imidazole rings is 1. The van der Waals surface area contributed by atoms with E-state index in [2.05, 4.69) is 20.9 Å². The third kappa shape index (κ3) is 6.98. The maximum atomic E-state index is 13.7. The second-order valence-electron chi connectivity index (χ2n) is 8.26. The number of carboxylic acids is 1. The number of aromatic nitrogens is 4. The number of hydrogen-bond donors (Lipinski definition) is 1. The lowest BCUT2D eigenvalue weighted by Gasteiger charge is -2.14. The van der Waals surface area contributed by atoms with Crippen LogP contribution in [0.5, 0.6) is 0 Å². The Kier molecular flexibility index (Phi) is 9.41. The summed E-state index contributed by atoms with van der Waals surface area (Å²) in [6, 6.07) is 22.3. The van der Waals surface area contributed by atoms with Crippen LogP contribution >= 0.6 is 39.3 Å². The first-order valence-corrected chi connectivity index (χ1v) is 13.9. The van der Waals surface area contributed by atoms with Gasteiger partial charge in [-0.05, 0) is 54.6 Å². The van der Waals surface area contributed by atoms with Gasteiger partial charge in [0.2, 0.25) is 0 Å². The zero-order valence-electron chi connectivity index (χ0n) is 21.2. The number of thioether (sulfide) groups is 1. The molecular weight excluding hydrogens is 620 g/mol. The molecule has 0 bridgehead atoms. The molecule has 3 aromatic carbocycles. The molecule has 5 rings (SSSR count). The summed E-state index contributed by atoms with van der Waals surface area (Å²) in [7, 11) is 0. The topological polar surface area (TPSA) is 116 Å². The number of ether oxygens (including phenoxy) is 1. The lowest BCUT2D eigenvalue weighted by molar-refractivity contribution is -0.138. The molecule has 0 radical (unpaired) electrons. The number of aliphatic carboxylic acids is 1. The van der Waals surface area contributed by atoms with Gasteiger partial charge in [-0.1, -0.05) is 57.5 Å². The molecule has 0 atom stereocenters. The number of rotatable bonds is 6. The minimum absolute atomic E-state index is 0.210. The summed E-state index contributed by atoms with van der Waals surface area (Å²) in [6.45, 7) is 2.46. The Morgan fingerprint density at radius 1 is 1.02 bits per heavy atom. The van der Waals surface area contributed by atoms with Crippen LogP contribution < -0.4 is 5.56 Å². The molecule has 0 spiro atoms. The maximum Gasteiger partial charge on any atom is 0.303 e. The molecule has 204 valence electrons. The fraction of sp³-hybridized carbons (Fsp3) is 0.107. The third-order valence-corrected chi connectivity index (χ3v) is 6.95. The summed E-state index contributed by atoms with van der Waals surface area (Å²) < 4.78 is 9.28. The SMILES string of the molecule is CC(=O)O.CC(=O)OCSc1cccc(-n2cnc3c(=O)n(-c4ccc(Cl)cc4)c(-c4ccc(Br)cc4)nc32)c1. The molecule has 0 aliphatic heterocycles. The van der Waals surface area contributed by atoms with Gasteiger partial charge in [0.25, 0.3) is 11.5 Å². The lowest BCUT2D eigenvalue weighted by Crippen LogP contribution is -2.22. The van der Waals surface area contributed by atoms with Crippen LogP contribution in [0.2, 0.25) is 5.02 Å². The van der Waals surface area contributed by atoms with Gasteiger partial charge >= 0.3 is 5.97 Å². The molecule has 0 unspecified atom stereocenters. The number of carbonyl (C=O) groups excluding carboxylic acids is 1. The minimum atomic E-state index is -0.833. The van der Waals surface area contributed by atoms with Crippen LogP contribution in [-0.4, -0.2) is 42.1 Å². The van der Waals surface area contributed by atoms with E-state index in [4.69, 9.17) is 31.2 Å². The van der Waals surface area contributed by atoms with Crippen molar-refractivity contribution in [2.24, 2.45) is 0 Å². The number of fused-ring (bicyclic) bond motifs is 1. The number of nitrogens with zero attached hydrogens (tertiary/aromatic N) is 4. The zero-order valence-corrected chi connectivity index (χ0v) is 24.4. The van der Waals surface area contributed by atoms with Crippen LogP contribution in [0.1, 0.15) is 13.8 Å². The molecular formula is C28H22BrClN4O5S. The van der Waals surface area contributed by atoms with Gasteiger partial charge in [-0.15, -0.1) is 0 Å². The number of esters is 1. The maximum absolute atomic E-state index is 13.7. The average molecular weight is 642 g/mol. The normalized spacial score (nSPS) is 10.6. The van der Waals surface area contributed by atoms with E-state index in [1.807, 2.05) is 48.5 Å². The Morgan fingerprint density at radius 3 is 2.35 bits per heavy atom. The second kappa shape index (κ2) is 12.9. The number of halogens is 2. The molecule has 2 heterocycles. The van der Waals surface area contributed by atoms with Crippen molar-refractivity contribution < 1.29 is 19.4 Å². The van der Waals surface area contributed by atoms with Crippen molar-refractivity contribution in [3.05, 3.63) is 99.0 Å². The van der Waals surface area contributed by atoms with Crippen molar-refractivity contribution in [1.29, 1.82) is 0 Å². The first-order chi connectivity index (χ1) is 19.1. The second-order valence-corrected chi connectivity index (χ2v) is 10.6. The van der Waals surface area contributed by atoms with Crippen LogP contribution in [-0.2, 0) is 14.3 Å². The van der Waals surface area contributed by atoms with E-state index >= 15 is 0 Å². The van der Waals surface area contributed by atoms with E-state index in [1.54, 1.807) is 39.7 Å². The molecule has 0 aliphatic rings. The summed E-state index contributed by atoms with van der Waals surface area (Å²) >= 11 is 10.9. The Morgan fingerprint density at radius 2 is 1.70 bits per heavy atom. The monoisotopic (exact) mass is 640 g/mol. The largest absolute Gasteiger partial charge is 0.481 e. The summed E-state index contributed by atoms with van der Waals surface area (Å²) in [5.41, 5.74) is 2.57. The van der Waals surface area contributed by atoms with Gasteiger partial charge in [-0.25, -0.2) is 9.97 Å². The highest BCUT2D eigenvalue weighted by Crippen LogP contribution is 2.27. The van der Waals surface area contributed by atoms with E-state index in [-0.39, 0.29) is 23.0 Å². The lowest BCUT2D eigenvalue weighted by atomic mass is 10.2. The molecule has 0 saturated carbocycles. The van der Waals surface area contributed by atoms with Gasteiger partial charge in [-0.2, -0.15) is 0 Å². The molecule has 0 aliphatic carbocycles. The van der Waals surface area contributed by atoms with E-state index in [9.17, 15) is 9.59 Å². The van der Waals surface area contributed by atoms with Gasteiger partial charge in [0.15, 0.2) is 11.2 Å². The van der Waals surface area contributed by atoms with Crippen LogP contribution in [0.3, 0.4) is 0 Å². The standard InChI is InChI=1S/C26H18BrClN4O3S.C2H4O2/c1-16(33)35-15-36-22-4-2-3-21(13-22)31-14-29-23-25(31)30-24(17-5-7-18(27)8-6-17)32(26(23)34)20-11-9-19(28)10-12-20;1-2(3)4/h2-14H,15H2,1H3;1H3,(H,3,4). The highest BCUT2D eigenvalue weighted by molar-refractivity contribution is 9.10.